The van der Waals surface area contributed by atoms with E-state index in [2.05, 4.69) is 5.32 Å². The lowest BCUT2D eigenvalue weighted by atomic mass is 10.2. The standard InChI is InChI=1S/C13H19FN2O2/c1-3-15-13(18)8-16(4-2)12-6-5-10(9-17)7-11(12)14/h5-7,17H,3-4,8-9H2,1-2H3,(H,15,18). The third-order valence-electron chi connectivity index (χ3n) is 2.63. The van der Waals surface area contributed by atoms with E-state index in [0.717, 1.165) is 0 Å². The van der Waals surface area contributed by atoms with Gasteiger partial charge in [-0.3, -0.25) is 4.79 Å². The van der Waals surface area contributed by atoms with Crippen LogP contribution in [-0.2, 0) is 11.4 Å². The number of anilines is 1. The Balaban J connectivity index is 2.85. The molecule has 5 heteroatoms. The van der Waals surface area contributed by atoms with E-state index in [1.165, 1.54) is 6.07 Å². The van der Waals surface area contributed by atoms with E-state index in [1.807, 2.05) is 13.8 Å². The Morgan fingerprint density at radius 1 is 1.44 bits per heavy atom. The predicted octanol–water partition coefficient (Wildman–Crippen LogP) is 1.28. The summed E-state index contributed by atoms with van der Waals surface area (Å²) in [7, 11) is 0. The first-order valence-electron chi connectivity index (χ1n) is 6.03. The maximum Gasteiger partial charge on any atom is 0.239 e. The fourth-order valence-corrected chi connectivity index (χ4v) is 1.70. The quantitative estimate of drug-likeness (QED) is 0.804. The maximum atomic E-state index is 13.8. The topological polar surface area (TPSA) is 52.6 Å². The molecule has 4 nitrogen and oxygen atoms in total. The van der Waals surface area contributed by atoms with E-state index in [9.17, 15) is 9.18 Å². The summed E-state index contributed by atoms with van der Waals surface area (Å²) in [6.45, 7) is 4.72. The summed E-state index contributed by atoms with van der Waals surface area (Å²) in [6.07, 6.45) is 0. The molecular weight excluding hydrogens is 235 g/mol. The van der Waals surface area contributed by atoms with Crippen LogP contribution < -0.4 is 10.2 Å². The lowest BCUT2D eigenvalue weighted by molar-refractivity contribution is -0.119. The molecular formula is C13H19FN2O2. The van der Waals surface area contributed by atoms with Gasteiger partial charge in [0.2, 0.25) is 5.91 Å². The van der Waals surface area contributed by atoms with Crippen LogP contribution in [0.25, 0.3) is 0 Å². The van der Waals surface area contributed by atoms with E-state index in [4.69, 9.17) is 5.11 Å². The van der Waals surface area contributed by atoms with Gasteiger partial charge in [0.1, 0.15) is 5.82 Å². The third-order valence-corrected chi connectivity index (χ3v) is 2.63. The zero-order chi connectivity index (χ0) is 13.5. The molecule has 0 aliphatic rings. The van der Waals surface area contributed by atoms with Gasteiger partial charge in [-0.25, -0.2) is 4.39 Å². The molecule has 0 saturated heterocycles. The smallest absolute Gasteiger partial charge is 0.239 e. The van der Waals surface area contributed by atoms with Crippen LogP contribution in [0.15, 0.2) is 18.2 Å². The monoisotopic (exact) mass is 254 g/mol. The Kier molecular flexibility index (Phi) is 5.58. The van der Waals surface area contributed by atoms with Gasteiger partial charge in [0.05, 0.1) is 18.8 Å². The lowest BCUT2D eigenvalue weighted by Gasteiger charge is -2.23. The Morgan fingerprint density at radius 3 is 2.67 bits per heavy atom. The molecule has 1 amide bonds. The minimum absolute atomic E-state index is 0.125. The van der Waals surface area contributed by atoms with Crippen LogP contribution >= 0.6 is 0 Å². The molecule has 1 aromatic rings. The summed E-state index contributed by atoms with van der Waals surface area (Å²) >= 11 is 0. The highest BCUT2D eigenvalue weighted by molar-refractivity contribution is 5.81. The van der Waals surface area contributed by atoms with E-state index in [0.29, 0.717) is 24.3 Å². The summed E-state index contributed by atoms with van der Waals surface area (Å²) in [4.78, 5) is 13.2. The molecule has 0 bridgehead atoms. The largest absolute Gasteiger partial charge is 0.392 e. The first-order chi connectivity index (χ1) is 8.62. The second-order valence-corrected chi connectivity index (χ2v) is 3.91. The molecule has 0 radical (unpaired) electrons. The van der Waals surface area contributed by atoms with Crippen LogP contribution in [-0.4, -0.2) is 30.6 Å². The Labute approximate surface area is 106 Å². The van der Waals surface area contributed by atoms with Crippen molar-refractivity contribution in [3.05, 3.63) is 29.6 Å². The Morgan fingerprint density at radius 2 is 2.17 bits per heavy atom. The average Bonchev–Trinajstić information content (AvgIpc) is 2.36. The number of benzene rings is 1. The van der Waals surface area contributed by atoms with Crippen molar-refractivity contribution in [2.45, 2.75) is 20.5 Å². The molecule has 1 rings (SSSR count). The van der Waals surface area contributed by atoms with Crippen LogP contribution in [0.2, 0.25) is 0 Å². The Bertz CT molecular complexity index is 410. The fourth-order valence-electron chi connectivity index (χ4n) is 1.70. The second-order valence-electron chi connectivity index (χ2n) is 3.91. The minimum atomic E-state index is -0.423. The number of nitrogens with one attached hydrogen (secondary N) is 1. The number of aliphatic hydroxyl groups is 1. The summed E-state index contributed by atoms with van der Waals surface area (Å²) < 4.78 is 13.8. The number of carbonyl (C=O) groups is 1. The Hall–Kier alpha value is -1.62. The average molecular weight is 254 g/mol. The van der Waals surface area contributed by atoms with Crippen molar-refractivity contribution in [1.29, 1.82) is 0 Å². The maximum absolute atomic E-state index is 13.8. The number of nitrogens with zero attached hydrogens (tertiary/aromatic N) is 1. The van der Waals surface area contributed by atoms with Crippen LogP contribution in [0.3, 0.4) is 0 Å². The van der Waals surface area contributed by atoms with Gasteiger partial charge in [-0.15, -0.1) is 0 Å². The SMILES string of the molecule is CCNC(=O)CN(CC)c1ccc(CO)cc1F. The number of hydrogen-bond donors (Lipinski definition) is 2. The lowest BCUT2D eigenvalue weighted by Crippen LogP contribution is -2.37. The van der Waals surface area contributed by atoms with Crippen LogP contribution in [0.1, 0.15) is 19.4 Å². The van der Waals surface area contributed by atoms with Gasteiger partial charge in [-0.2, -0.15) is 0 Å². The summed E-state index contributed by atoms with van der Waals surface area (Å²) in [5.74, 6) is -0.558. The van der Waals surface area contributed by atoms with E-state index in [1.54, 1.807) is 17.0 Å². The highest BCUT2D eigenvalue weighted by Gasteiger charge is 2.13. The van der Waals surface area contributed by atoms with Crippen molar-refractivity contribution in [2.75, 3.05) is 24.5 Å². The van der Waals surface area contributed by atoms with Crippen molar-refractivity contribution in [3.63, 3.8) is 0 Å². The molecule has 100 valence electrons. The van der Waals surface area contributed by atoms with Crippen LogP contribution in [0, 0.1) is 5.82 Å². The van der Waals surface area contributed by atoms with Crippen LogP contribution in [0.4, 0.5) is 10.1 Å². The fraction of sp³-hybridized carbons (Fsp3) is 0.462. The third kappa shape index (κ3) is 3.70. The van der Waals surface area contributed by atoms with E-state index < -0.39 is 5.82 Å². The molecule has 0 heterocycles. The number of aliphatic hydroxyl groups excluding tert-OH is 1. The van der Waals surface area contributed by atoms with Crippen LogP contribution in [0.5, 0.6) is 0 Å². The summed E-state index contributed by atoms with van der Waals surface area (Å²) in [6, 6.07) is 4.53. The number of carbonyl (C=O) groups excluding carboxylic acids is 1. The number of rotatable bonds is 6. The number of amides is 1. The molecule has 0 aromatic heterocycles. The molecule has 18 heavy (non-hydrogen) atoms. The van der Waals surface area contributed by atoms with Crippen molar-refractivity contribution in [2.24, 2.45) is 0 Å². The first-order valence-corrected chi connectivity index (χ1v) is 6.03. The van der Waals surface area contributed by atoms with Crippen molar-refractivity contribution in [3.8, 4) is 0 Å². The molecule has 0 unspecified atom stereocenters. The van der Waals surface area contributed by atoms with Crippen molar-refractivity contribution < 1.29 is 14.3 Å². The number of halogens is 1. The van der Waals surface area contributed by atoms with Gasteiger partial charge >= 0.3 is 0 Å². The zero-order valence-electron chi connectivity index (χ0n) is 10.7. The van der Waals surface area contributed by atoms with Gasteiger partial charge in [-0.05, 0) is 31.5 Å². The van der Waals surface area contributed by atoms with Gasteiger partial charge < -0.3 is 15.3 Å². The van der Waals surface area contributed by atoms with Crippen molar-refractivity contribution >= 4 is 11.6 Å². The molecule has 0 aliphatic carbocycles. The van der Waals surface area contributed by atoms with E-state index in [-0.39, 0.29) is 19.1 Å². The minimum Gasteiger partial charge on any atom is -0.392 e. The zero-order valence-corrected chi connectivity index (χ0v) is 10.7. The molecule has 0 aliphatic heterocycles. The predicted molar refractivity (Wildman–Crippen MR) is 68.9 cm³/mol. The van der Waals surface area contributed by atoms with Gasteiger partial charge in [0.25, 0.3) is 0 Å². The number of likely N-dealkylation sites (N-methyl/N-ethyl adjacent to an activating group) is 2. The molecule has 0 saturated carbocycles. The highest BCUT2D eigenvalue weighted by atomic mass is 19.1. The van der Waals surface area contributed by atoms with Gasteiger partial charge in [0, 0.05) is 13.1 Å². The molecule has 2 N–H and O–H groups in total. The second kappa shape index (κ2) is 6.96. The summed E-state index contributed by atoms with van der Waals surface area (Å²) in [5.41, 5.74) is 0.895. The summed E-state index contributed by atoms with van der Waals surface area (Å²) in [5, 5.41) is 11.6. The first kappa shape index (κ1) is 14.4. The number of hydrogen-bond acceptors (Lipinski definition) is 3. The normalized spacial score (nSPS) is 10.2. The van der Waals surface area contributed by atoms with Gasteiger partial charge in [-0.1, -0.05) is 6.07 Å². The van der Waals surface area contributed by atoms with Gasteiger partial charge in [0.15, 0.2) is 0 Å². The van der Waals surface area contributed by atoms with E-state index >= 15 is 0 Å². The van der Waals surface area contributed by atoms with Crippen molar-refractivity contribution in [1.82, 2.24) is 5.32 Å². The molecule has 0 atom stereocenters. The highest BCUT2D eigenvalue weighted by Crippen LogP contribution is 2.20. The molecule has 0 spiro atoms. The molecule has 1 aromatic carbocycles. The molecule has 0 fully saturated rings.